The van der Waals surface area contributed by atoms with E-state index in [9.17, 15) is 14.0 Å². The molecule has 1 aromatic carbocycles. The number of benzene rings is 1. The molecule has 2 rings (SSSR count). The fourth-order valence-corrected chi connectivity index (χ4v) is 1.73. The van der Waals surface area contributed by atoms with Crippen molar-refractivity contribution in [3.05, 3.63) is 29.0 Å². The Kier molecular flexibility index (Phi) is 2.78. The van der Waals surface area contributed by atoms with Crippen molar-refractivity contribution < 1.29 is 14.0 Å². The van der Waals surface area contributed by atoms with Crippen LogP contribution < -0.4 is 10.6 Å². The third-order valence-corrected chi connectivity index (χ3v) is 2.39. The Morgan fingerprint density at radius 3 is 2.69 bits per heavy atom. The maximum absolute atomic E-state index is 13.0. The number of hydrogen-bond acceptors (Lipinski definition) is 3. The predicted molar refractivity (Wildman–Crippen MR) is 56.6 cm³/mol. The number of halogens is 2. The predicted octanol–water partition coefficient (Wildman–Crippen LogP) is 1.31. The van der Waals surface area contributed by atoms with Crippen LogP contribution in [-0.4, -0.2) is 17.9 Å². The van der Waals surface area contributed by atoms with E-state index in [2.05, 4.69) is 10.6 Å². The van der Waals surface area contributed by atoms with Crippen LogP contribution in [-0.2, 0) is 9.59 Å². The molecule has 0 aliphatic carbocycles. The highest BCUT2D eigenvalue weighted by Crippen LogP contribution is 2.20. The van der Waals surface area contributed by atoms with Gasteiger partial charge in [0, 0.05) is 10.7 Å². The normalized spacial score (nSPS) is 19.8. The summed E-state index contributed by atoms with van der Waals surface area (Å²) in [6.07, 6.45) is 0.0486. The Balaban J connectivity index is 2.15. The summed E-state index contributed by atoms with van der Waals surface area (Å²) in [5.74, 6) is -1.25. The third-order valence-electron chi connectivity index (χ3n) is 2.17. The van der Waals surface area contributed by atoms with E-state index >= 15 is 0 Å². The Morgan fingerprint density at radius 1 is 1.38 bits per heavy atom. The number of carbonyl (C=O) groups excluding carboxylic acids is 2. The molecule has 1 fully saturated rings. The van der Waals surface area contributed by atoms with Crippen LogP contribution in [0, 0.1) is 5.82 Å². The summed E-state index contributed by atoms with van der Waals surface area (Å²) >= 11 is 5.65. The monoisotopic (exact) mass is 242 g/mol. The molecule has 2 amide bonds. The maximum Gasteiger partial charge on any atom is 0.249 e. The molecular formula is C10H8ClFN2O2. The number of nitrogens with one attached hydrogen (secondary N) is 2. The van der Waals surface area contributed by atoms with E-state index in [0.717, 1.165) is 6.07 Å². The number of anilines is 1. The summed E-state index contributed by atoms with van der Waals surface area (Å²) in [7, 11) is 0. The van der Waals surface area contributed by atoms with Crippen molar-refractivity contribution in [1.29, 1.82) is 0 Å². The van der Waals surface area contributed by atoms with Gasteiger partial charge in [-0.3, -0.25) is 14.9 Å². The topological polar surface area (TPSA) is 58.2 Å². The van der Waals surface area contributed by atoms with Gasteiger partial charge in [-0.15, -0.1) is 0 Å². The van der Waals surface area contributed by atoms with Gasteiger partial charge in [-0.1, -0.05) is 11.6 Å². The second kappa shape index (κ2) is 4.09. The Morgan fingerprint density at radius 2 is 2.12 bits per heavy atom. The number of carbonyl (C=O) groups is 2. The van der Waals surface area contributed by atoms with Crippen molar-refractivity contribution in [3.63, 3.8) is 0 Å². The SMILES string of the molecule is O=C1CC(Nc2cc(F)cc(Cl)c2)C(=O)N1. The second-order valence-electron chi connectivity index (χ2n) is 3.47. The van der Waals surface area contributed by atoms with Crippen molar-refractivity contribution in [3.8, 4) is 0 Å². The molecule has 16 heavy (non-hydrogen) atoms. The third kappa shape index (κ3) is 2.30. The molecule has 0 aromatic heterocycles. The second-order valence-corrected chi connectivity index (χ2v) is 3.91. The van der Waals surface area contributed by atoms with Crippen LogP contribution in [0.1, 0.15) is 6.42 Å². The van der Waals surface area contributed by atoms with Gasteiger partial charge in [0.1, 0.15) is 11.9 Å². The quantitative estimate of drug-likeness (QED) is 0.769. The molecule has 1 aliphatic heterocycles. The van der Waals surface area contributed by atoms with Crippen LogP contribution >= 0.6 is 11.6 Å². The summed E-state index contributed by atoms with van der Waals surface area (Å²) in [6, 6.07) is 3.19. The van der Waals surface area contributed by atoms with E-state index in [4.69, 9.17) is 11.6 Å². The van der Waals surface area contributed by atoms with Crippen LogP contribution in [0.15, 0.2) is 18.2 Å². The first kappa shape index (κ1) is 10.9. The van der Waals surface area contributed by atoms with E-state index < -0.39 is 17.8 Å². The van der Waals surface area contributed by atoms with Gasteiger partial charge in [0.05, 0.1) is 6.42 Å². The average molecular weight is 243 g/mol. The standard InChI is InChI=1S/C10H8ClFN2O2/c11-5-1-6(12)3-7(2-5)13-8-4-9(15)14-10(8)16/h1-3,8,13H,4H2,(H,14,15,16). The number of hydrogen-bond donors (Lipinski definition) is 2. The van der Waals surface area contributed by atoms with E-state index in [1.165, 1.54) is 12.1 Å². The molecule has 0 bridgehead atoms. The smallest absolute Gasteiger partial charge is 0.249 e. The molecule has 0 saturated carbocycles. The summed E-state index contributed by atoms with van der Waals surface area (Å²) in [5, 5.41) is 5.12. The minimum Gasteiger partial charge on any atom is -0.373 e. The maximum atomic E-state index is 13.0. The summed E-state index contributed by atoms with van der Waals surface area (Å²) in [4.78, 5) is 22.2. The largest absolute Gasteiger partial charge is 0.373 e. The molecule has 6 heteroatoms. The average Bonchev–Trinajstić information content (AvgIpc) is 2.43. The van der Waals surface area contributed by atoms with Gasteiger partial charge < -0.3 is 5.32 Å². The van der Waals surface area contributed by atoms with Crippen LogP contribution in [0.25, 0.3) is 0 Å². The zero-order chi connectivity index (χ0) is 11.7. The molecule has 4 nitrogen and oxygen atoms in total. The Hall–Kier alpha value is -1.62. The molecule has 1 atom stereocenters. The van der Waals surface area contributed by atoms with E-state index in [-0.39, 0.29) is 17.4 Å². The molecule has 1 aliphatic rings. The highest BCUT2D eigenvalue weighted by molar-refractivity contribution is 6.30. The van der Waals surface area contributed by atoms with Gasteiger partial charge in [-0.05, 0) is 18.2 Å². The van der Waals surface area contributed by atoms with E-state index in [1.807, 2.05) is 0 Å². The molecule has 1 saturated heterocycles. The lowest BCUT2D eigenvalue weighted by Gasteiger charge is -2.10. The Bertz CT molecular complexity index is 444. The molecule has 0 radical (unpaired) electrons. The molecule has 84 valence electrons. The molecular weight excluding hydrogens is 235 g/mol. The zero-order valence-electron chi connectivity index (χ0n) is 8.09. The number of imide groups is 1. The minimum atomic E-state index is -0.662. The van der Waals surface area contributed by atoms with Crippen molar-refractivity contribution in [1.82, 2.24) is 5.32 Å². The van der Waals surface area contributed by atoms with Gasteiger partial charge >= 0.3 is 0 Å². The first-order chi connectivity index (χ1) is 7.54. The van der Waals surface area contributed by atoms with Gasteiger partial charge in [0.2, 0.25) is 11.8 Å². The van der Waals surface area contributed by atoms with Crippen molar-refractivity contribution in [2.45, 2.75) is 12.5 Å². The van der Waals surface area contributed by atoms with Crippen molar-refractivity contribution >= 4 is 29.1 Å². The van der Waals surface area contributed by atoms with Crippen LogP contribution in [0.2, 0.25) is 5.02 Å². The van der Waals surface area contributed by atoms with Gasteiger partial charge in [-0.2, -0.15) is 0 Å². The number of rotatable bonds is 2. The summed E-state index contributed by atoms with van der Waals surface area (Å²) in [6.45, 7) is 0. The van der Waals surface area contributed by atoms with Crippen LogP contribution in [0.3, 0.4) is 0 Å². The molecule has 1 aromatic rings. The lowest BCUT2D eigenvalue weighted by atomic mass is 10.2. The minimum absolute atomic E-state index is 0.0486. The lowest BCUT2D eigenvalue weighted by Crippen LogP contribution is -2.30. The van der Waals surface area contributed by atoms with Crippen LogP contribution in [0.4, 0.5) is 10.1 Å². The Labute approximate surface area is 95.8 Å². The van der Waals surface area contributed by atoms with Gasteiger partial charge in [-0.25, -0.2) is 4.39 Å². The van der Waals surface area contributed by atoms with Gasteiger partial charge in [0.15, 0.2) is 0 Å². The fourth-order valence-electron chi connectivity index (χ4n) is 1.51. The van der Waals surface area contributed by atoms with E-state index in [0.29, 0.717) is 5.69 Å². The number of amides is 2. The van der Waals surface area contributed by atoms with Crippen molar-refractivity contribution in [2.75, 3.05) is 5.32 Å². The van der Waals surface area contributed by atoms with Gasteiger partial charge in [0.25, 0.3) is 0 Å². The first-order valence-corrected chi connectivity index (χ1v) is 4.99. The molecule has 2 N–H and O–H groups in total. The van der Waals surface area contributed by atoms with E-state index in [1.54, 1.807) is 0 Å². The lowest BCUT2D eigenvalue weighted by molar-refractivity contribution is -0.124. The fraction of sp³-hybridized carbons (Fsp3) is 0.200. The summed E-state index contributed by atoms with van der Waals surface area (Å²) in [5.41, 5.74) is 0.375. The molecule has 0 spiro atoms. The van der Waals surface area contributed by atoms with Crippen molar-refractivity contribution in [2.24, 2.45) is 0 Å². The summed E-state index contributed by atoms with van der Waals surface area (Å²) < 4.78 is 13.0. The zero-order valence-corrected chi connectivity index (χ0v) is 8.84. The molecule has 1 unspecified atom stereocenters. The highest BCUT2D eigenvalue weighted by Gasteiger charge is 2.30. The van der Waals surface area contributed by atoms with Crippen LogP contribution in [0.5, 0.6) is 0 Å². The first-order valence-electron chi connectivity index (χ1n) is 4.61. The highest BCUT2D eigenvalue weighted by atomic mass is 35.5. The molecule has 1 heterocycles.